The third-order valence-electron chi connectivity index (χ3n) is 4.25. The van der Waals surface area contributed by atoms with Gasteiger partial charge in [-0.2, -0.15) is 0 Å². The second-order valence-electron chi connectivity index (χ2n) is 6.50. The summed E-state index contributed by atoms with van der Waals surface area (Å²) in [5.74, 6) is -2.32. The molecule has 0 spiro atoms. The van der Waals surface area contributed by atoms with E-state index in [1.54, 1.807) is 30.3 Å². The van der Waals surface area contributed by atoms with Gasteiger partial charge in [-0.25, -0.2) is 9.18 Å². The van der Waals surface area contributed by atoms with Crippen LogP contribution in [0.2, 0.25) is 0 Å². The fraction of sp³-hybridized carbons (Fsp3) is 0.286. The zero-order valence-corrected chi connectivity index (χ0v) is 16.1. The molecule has 0 unspecified atom stereocenters. The number of hydrogen-bond donors (Lipinski definition) is 3. The van der Waals surface area contributed by atoms with E-state index in [0.29, 0.717) is 16.9 Å². The average molecular weight is 402 g/mol. The highest BCUT2D eigenvalue weighted by atomic mass is 19.1. The highest BCUT2D eigenvalue weighted by Crippen LogP contribution is 2.19. The largest absolute Gasteiger partial charge is 0.496 e. The quantitative estimate of drug-likeness (QED) is 0.592. The second-order valence-corrected chi connectivity index (χ2v) is 6.50. The molecular weight excluding hydrogens is 379 g/mol. The number of para-hydroxylation sites is 1. The summed E-state index contributed by atoms with van der Waals surface area (Å²) in [5, 5.41) is 14.5. The third-order valence-corrected chi connectivity index (χ3v) is 4.25. The molecule has 2 aromatic carbocycles. The topological polar surface area (TPSA) is 105 Å². The lowest BCUT2D eigenvalue weighted by atomic mass is 10.0. The number of rotatable bonds is 9. The fourth-order valence-electron chi connectivity index (χ4n) is 2.92. The Morgan fingerprint density at radius 2 is 1.76 bits per heavy atom. The molecule has 0 heterocycles. The molecule has 3 N–H and O–H groups in total. The molecule has 0 aliphatic carbocycles. The van der Waals surface area contributed by atoms with Gasteiger partial charge in [0.05, 0.1) is 7.11 Å². The van der Waals surface area contributed by atoms with Crippen molar-refractivity contribution in [2.75, 3.05) is 7.11 Å². The first-order chi connectivity index (χ1) is 13.8. The second kappa shape index (κ2) is 10.2. The zero-order chi connectivity index (χ0) is 21.4. The smallest absolute Gasteiger partial charge is 0.326 e. The summed E-state index contributed by atoms with van der Waals surface area (Å²) in [6, 6.07) is 10.3. The summed E-state index contributed by atoms with van der Waals surface area (Å²) in [5.41, 5.74) is 1.11. The van der Waals surface area contributed by atoms with E-state index >= 15 is 0 Å². The molecule has 0 aromatic heterocycles. The Morgan fingerprint density at radius 1 is 1.03 bits per heavy atom. The van der Waals surface area contributed by atoms with Gasteiger partial charge in [-0.1, -0.05) is 30.3 Å². The molecule has 154 valence electrons. The van der Waals surface area contributed by atoms with Crippen molar-refractivity contribution in [3.05, 3.63) is 65.5 Å². The van der Waals surface area contributed by atoms with Crippen molar-refractivity contribution in [2.45, 2.75) is 31.8 Å². The maximum absolute atomic E-state index is 13.4. The van der Waals surface area contributed by atoms with Crippen LogP contribution in [0.4, 0.5) is 4.39 Å². The number of carbonyl (C=O) groups is 3. The molecule has 2 aromatic rings. The molecule has 0 aliphatic heterocycles. The maximum Gasteiger partial charge on any atom is 0.326 e. The molecule has 0 fully saturated rings. The number of carboxylic acids is 1. The van der Waals surface area contributed by atoms with Crippen LogP contribution in [0.25, 0.3) is 0 Å². The van der Waals surface area contributed by atoms with Gasteiger partial charge in [0.2, 0.25) is 11.8 Å². The van der Waals surface area contributed by atoms with Gasteiger partial charge in [0.1, 0.15) is 23.7 Å². The highest BCUT2D eigenvalue weighted by molar-refractivity contribution is 5.90. The number of aliphatic carboxylic acids is 1. The maximum atomic E-state index is 13.4. The number of nitrogens with one attached hydrogen (secondary N) is 2. The van der Waals surface area contributed by atoms with Gasteiger partial charge in [0.15, 0.2) is 0 Å². The molecule has 0 radical (unpaired) electrons. The number of amides is 2. The summed E-state index contributed by atoms with van der Waals surface area (Å²) in [7, 11) is 1.47. The van der Waals surface area contributed by atoms with Crippen molar-refractivity contribution in [1.82, 2.24) is 10.6 Å². The van der Waals surface area contributed by atoms with Crippen LogP contribution < -0.4 is 15.4 Å². The lowest BCUT2D eigenvalue weighted by molar-refractivity contribution is -0.142. The van der Waals surface area contributed by atoms with Crippen LogP contribution in [-0.2, 0) is 27.2 Å². The Kier molecular flexibility index (Phi) is 7.70. The highest BCUT2D eigenvalue weighted by Gasteiger charge is 2.27. The zero-order valence-electron chi connectivity index (χ0n) is 16.1. The normalized spacial score (nSPS) is 12.5. The minimum atomic E-state index is -1.23. The number of benzene rings is 2. The minimum Gasteiger partial charge on any atom is -0.496 e. The Hall–Kier alpha value is -3.42. The number of carboxylic acid groups (broad SMARTS) is 1. The molecule has 29 heavy (non-hydrogen) atoms. The van der Waals surface area contributed by atoms with Crippen molar-refractivity contribution in [3.63, 3.8) is 0 Å². The molecule has 0 saturated carbocycles. The average Bonchev–Trinajstić information content (AvgIpc) is 2.66. The molecule has 0 saturated heterocycles. The third kappa shape index (κ3) is 6.60. The number of methoxy groups -OCH3 is 1. The predicted molar refractivity (Wildman–Crippen MR) is 104 cm³/mol. The number of halogens is 1. The molecule has 0 aliphatic rings. The van der Waals surface area contributed by atoms with Crippen LogP contribution in [0, 0.1) is 5.82 Å². The number of carbonyl (C=O) groups excluding carboxylic acids is 2. The molecule has 2 amide bonds. The Balaban J connectivity index is 2.17. The van der Waals surface area contributed by atoms with Crippen molar-refractivity contribution < 1.29 is 28.6 Å². The van der Waals surface area contributed by atoms with E-state index < -0.39 is 35.7 Å². The van der Waals surface area contributed by atoms with Crippen molar-refractivity contribution >= 4 is 17.8 Å². The van der Waals surface area contributed by atoms with E-state index in [4.69, 9.17) is 4.74 Å². The van der Waals surface area contributed by atoms with Gasteiger partial charge >= 0.3 is 5.97 Å². The van der Waals surface area contributed by atoms with Crippen molar-refractivity contribution in [3.8, 4) is 5.75 Å². The van der Waals surface area contributed by atoms with Gasteiger partial charge in [-0.15, -0.1) is 0 Å². The van der Waals surface area contributed by atoms with Gasteiger partial charge < -0.3 is 20.5 Å². The van der Waals surface area contributed by atoms with Crippen LogP contribution in [-0.4, -0.2) is 42.1 Å². The fourth-order valence-corrected chi connectivity index (χ4v) is 2.92. The molecule has 7 nitrogen and oxygen atoms in total. The van der Waals surface area contributed by atoms with Gasteiger partial charge in [0, 0.05) is 19.8 Å². The standard InChI is InChI=1S/C21H23FN2O5/c1-13(25)23-17(11-14-6-5-8-16(22)10-14)20(26)24-18(21(27)28)12-15-7-3-4-9-19(15)29-2/h3-10,17-18H,11-12H2,1-2H3,(H,23,25)(H,24,26)(H,27,28)/t17-,18+/m0/s1. The molecule has 0 bridgehead atoms. The Labute approximate surface area is 167 Å². The molecule has 2 rings (SSSR count). The van der Waals surface area contributed by atoms with E-state index in [1.807, 2.05) is 0 Å². The summed E-state index contributed by atoms with van der Waals surface area (Å²) < 4.78 is 18.7. The van der Waals surface area contributed by atoms with Crippen LogP contribution in [0.5, 0.6) is 5.75 Å². The van der Waals surface area contributed by atoms with Gasteiger partial charge in [0.25, 0.3) is 0 Å². The Bertz CT molecular complexity index is 887. The van der Waals surface area contributed by atoms with Crippen LogP contribution in [0.15, 0.2) is 48.5 Å². The van der Waals surface area contributed by atoms with E-state index in [9.17, 15) is 23.9 Å². The van der Waals surface area contributed by atoms with E-state index in [0.717, 1.165) is 0 Å². The SMILES string of the molecule is COc1ccccc1C[C@@H](NC(=O)[C@H](Cc1cccc(F)c1)NC(C)=O)C(=O)O. The first-order valence-electron chi connectivity index (χ1n) is 8.96. The predicted octanol–water partition coefficient (Wildman–Crippen LogP) is 1.69. The van der Waals surface area contributed by atoms with Crippen LogP contribution in [0.1, 0.15) is 18.1 Å². The lowest BCUT2D eigenvalue weighted by Crippen LogP contribution is -2.52. The van der Waals surface area contributed by atoms with E-state index in [1.165, 1.54) is 32.2 Å². The van der Waals surface area contributed by atoms with Crippen molar-refractivity contribution in [2.24, 2.45) is 0 Å². The summed E-state index contributed by atoms with van der Waals surface area (Å²) in [4.78, 5) is 35.9. The first-order valence-corrected chi connectivity index (χ1v) is 8.96. The summed E-state index contributed by atoms with van der Waals surface area (Å²) in [6.07, 6.45) is 0.0159. The molecule has 8 heteroatoms. The van der Waals surface area contributed by atoms with Gasteiger partial charge in [-0.3, -0.25) is 9.59 Å². The number of ether oxygens (including phenoxy) is 1. The van der Waals surface area contributed by atoms with Crippen LogP contribution >= 0.6 is 0 Å². The van der Waals surface area contributed by atoms with Crippen LogP contribution in [0.3, 0.4) is 0 Å². The molecule has 2 atom stereocenters. The monoisotopic (exact) mass is 402 g/mol. The van der Waals surface area contributed by atoms with Gasteiger partial charge in [-0.05, 0) is 29.3 Å². The molecular formula is C21H23FN2O5. The number of hydrogen-bond acceptors (Lipinski definition) is 4. The van der Waals surface area contributed by atoms with E-state index in [-0.39, 0.29) is 12.8 Å². The van der Waals surface area contributed by atoms with Crippen molar-refractivity contribution in [1.29, 1.82) is 0 Å². The first kappa shape index (κ1) is 21.9. The Morgan fingerprint density at radius 3 is 2.38 bits per heavy atom. The summed E-state index contributed by atoms with van der Waals surface area (Å²) in [6.45, 7) is 1.25. The van der Waals surface area contributed by atoms with E-state index in [2.05, 4.69) is 10.6 Å². The summed E-state index contributed by atoms with van der Waals surface area (Å²) >= 11 is 0. The lowest BCUT2D eigenvalue weighted by Gasteiger charge is -2.22. The minimum absolute atomic E-state index is 0.00214.